The summed E-state index contributed by atoms with van der Waals surface area (Å²) in [4.78, 5) is 0. The van der Waals surface area contributed by atoms with Crippen molar-refractivity contribution in [1.29, 1.82) is 0 Å². The third kappa shape index (κ3) is 1.87. The Bertz CT molecular complexity index is 339. The first-order chi connectivity index (χ1) is 7.16. The Morgan fingerprint density at radius 3 is 2.13 bits per heavy atom. The van der Waals surface area contributed by atoms with Crippen LogP contribution in [0.1, 0.15) is 18.9 Å². The van der Waals surface area contributed by atoms with Gasteiger partial charge in [-0.3, -0.25) is 0 Å². The Labute approximate surface area is 86.8 Å². The summed E-state index contributed by atoms with van der Waals surface area (Å²) in [6.45, 7) is 2.76. The molecule has 0 bridgehead atoms. The molecule has 0 amide bonds. The summed E-state index contributed by atoms with van der Waals surface area (Å²) >= 11 is 0. The summed E-state index contributed by atoms with van der Waals surface area (Å²) in [5.74, 6) is -2.20. The summed E-state index contributed by atoms with van der Waals surface area (Å²) in [5.41, 5.74) is 0.403. The van der Waals surface area contributed by atoms with E-state index in [0.717, 1.165) is 6.07 Å². The van der Waals surface area contributed by atoms with Crippen molar-refractivity contribution in [2.75, 3.05) is 13.2 Å². The third-order valence-electron chi connectivity index (χ3n) is 2.52. The largest absolute Gasteiger partial charge is 0.343 e. The summed E-state index contributed by atoms with van der Waals surface area (Å²) in [5, 5.41) is 0. The van der Waals surface area contributed by atoms with Crippen LogP contribution < -0.4 is 0 Å². The van der Waals surface area contributed by atoms with Gasteiger partial charge in [-0.15, -0.1) is 0 Å². The Morgan fingerprint density at radius 2 is 1.67 bits per heavy atom. The van der Waals surface area contributed by atoms with Crippen molar-refractivity contribution >= 4 is 0 Å². The Morgan fingerprint density at radius 1 is 1.13 bits per heavy atom. The number of hydrogen-bond donors (Lipinski definition) is 0. The molecule has 1 heterocycles. The van der Waals surface area contributed by atoms with Gasteiger partial charge >= 0.3 is 0 Å². The fourth-order valence-corrected chi connectivity index (χ4v) is 1.80. The summed E-state index contributed by atoms with van der Waals surface area (Å²) in [6, 6.07) is 3.33. The molecule has 2 rings (SSSR count). The van der Waals surface area contributed by atoms with Gasteiger partial charge in [0.25, 0.3) is 0 Å². The van der Waals surface area contributed by atoms with Crippen molar-refractivity contribution in [3.8, 4) is 0 Å². The summed E-state index contributed by atoms with van der Waals surface area (Å²) < 4.78 is 36.9. The van der Waals surface area contributed by atoms with Crippen molar-refractivity contribution in [3.05, 3.63) is 35.4 Å². The number of ether oxygens (including phenoxy) is 2. The molecule has 0 aromatic heterocycles. The molecule has 0 spiro atoms. The minimum atomic E-state index is -0.969. The molecule has 0 saturated carbocycles. The van der Waals surface area contributed by atoms with Crippen molar-refractivity contribution in [2.24, 2.45) is 0 Å². The van der Waals surface area contributed by atoms with Crippen LogP contribution in [-0.4, -0.2) is 13.2 Å². The van der Waals surface area contributed by atoms with E-state index in [0.29, 0.717) is 25.2 Å². The van der Waals surface area contributed by atoms with Gasteiger partial charge in [-0.05, 0) is 12.1 Å². The number of benzene rings is 1. The molecule has 0 unspecified atom stereocenters. The Balaban J connectivity index is 2.42. The summed E-state index contributed by atoms with van der Waals surface area (Å²) in [7, 11) is 0. The van der Waals surface area contributed by atoms with E-state index in [4.69, 9.17) is 9.47 Å². The van der Waals surface area contributed by atoms with E-state index in [1.54, 1.807) is 0 Å². The van der Waals surface area contributed by atoms with Crippen LogP contribution in [0.5, 0.6) is 0 Å². The molecule has 1 saturated heterocycles. The monoisotopic (exact) mass is 214 g/mol. The van der Waals surface area contributed by atoms with E-state index in [2.05, 4.69) is 0 Å². The highest BCUT2D eigenvalue weighted by Gasteiger charge is 2.37. The lowest BCUT2D eigenvalue weighted by molar-refractivity contribution is -0.167. The first kappa shape index (κ1) is 10.5. The fraction of sp³-hybridized carbons (Fsp3) is 0.455. The third-order valence-corrected chi connectivity index (χ3v) is 2.52. The zero-order chi connectivity index (χ0) is 10.9. The Hall–Kier alpha value is -1.00. The van der Waals surface area contributed by atoms with Gasteiger partial charge in [-0.2, -0.15) is 0 Å². The lowest BCUT2D eigenvalue weighted by Crippen LogP contribution is -2.26. The molecular weight excluding hydrogens is 202 g/mol. The summed E-state index contributed by atoms with van der Waals surface area (Å²) in [6.07, 6.45) is 0.524. The highest BCUT2D eigenvalue weighted by atomic mass is 19.1. The molecule has 1 fully saturated rings. The minimum absolute atomic E-state index is 0.403. The minimum Gasteiger partial charge on any atom is -0.343 e. The lowest BCUT2D eigenvalue weighted by Gasteiger charge is -2.26. The van der Waals surface area contributed by atoms with Crippen molar-refractivity contribution in [1.82, 2.24) is 0 Å². The fourth-order valence-electron chi connectivity index (χ4n) is 1.80. The van der Waals surface area contributed by atoms with Gasteiger partial charge in [-0.25, -0.2) is 8.78 Å². The molecule has 1 aliphatic heterocycles. The van der Waals surface area contributed by atoms with Gasteiger partial charge in [0.2, 0.25) is 0 Å². The van der Waals surface area contributed by atoms with Gasteiger partial charge in [0.05, 0.1) is 13.2 Å². The van der Waals surface area contributed by atoms with Crippen molar-refractivity contribution in [3.63, 3.8) is 0 Å². The van der Waals surface area contributed by atoms with Crippen LogP contribution in [0.4, 0.5) is 8.78 Å². The van der Waals surface area contributed by atoms with Crippen molar-refractivity contribution < 1.29 is 18.3 Å². The van der Waals surface area contributed by atoms with Crippen LogP contribution in [0.2, 0.25) is 0 Å². The van der Waals surface area contributed by atoms with Crippen LogP contribution in [-0.2, 0) is 15.3 Å². The second-order valence-corrected chi connectivity index (χ2v) is 3.46. The molecule has 0 aliphatic carbocycles. The molecule has 1 aromatic rings. The highest BCUT2D eigenvalue weighted by Crippen LogP contribution is 2.35. The number of rotatable bonds is 2. The molecule has 0 radical (unpaired) electrons. The zero-order valence-corrected chi connectivity index (χ0v) is 8.43. The van der Waals surface area contributed by atoms with Crippen LogP contribution in [0.15, 0.2) is 18.2 Å². The normalized spacial score (nSPS) is 19.4. The second kappa shape index (κ2) is 3.87. The molecule has 2 nitrogen and oxygen atoms in total. The Kier molecular flexibility index (Phi) is 2.71. The maximum atomic E-state index is 13.0. The van der Waals surface area contributed by atoms with E-state index < -0.39 is 17.4 Å². The first-order valence-electron chi connectivity index (χ1n) is 4.91. The van der Waals surface area contributed by atoms with Crippen LogP contribution >= 0.6 is 0 Å². The van der Waals surface area contributed by atoms with Crippen LogP contribution in [0.3, 0.4) is 0 Å². The molecular formula is C11H12F2O2. The quantitative estimate of drug-likeness (QED) is 0.753. The molecule has 4 heteroatoms. The SMILES string of the molecule is CCC1(c2cc(F)cc(F)c2)OCCO1. The highest BCUT2D eigenvalue weighted by molar-refractivity contribution is 5.23. The topological polar surface area (TPSA) is 18.5 Å². The standard InChI is InChI=1S/C11H12F2O2/c1-2-11(14-3-4-15-11)8-5-9(12)7-10(13)6-8/h5-7H,2-4H2,1H3. The predicted molar refractivity (Wildman–Crippen MR) is 50.2 cm³/mol. The molecule has 0 N–H and O–H groups in total. The maximum Gasteiger partial charge on any atom is 0.194 e. The van der Waals surface area contributed by atoms with E-state index in [-0.39, 0.29) is 0 Å². The van der Waals surface area contributed by atoms with Gasteiger partial charge in [0, 0.05) is 18.1 Å². The smallest absolute Gasteiger partial charge is 0.194 e. The molecule has 82 valence electrons. The molecule has 15 heavy (non-hydrogen) atoms. The zero-order valence-electron chi connectivity index (χ0n) is 8.43. The van der Waals surface area contributed by atoms with Gasteiger partial charge < -0.3 is 9.47 Å². The predicted octanol–water partition coefficient (Wildman–Crippen LogP) is 2.57. The first-order valence-corrected chi connectivity index (χ1v) is 4.91. The van der Waals surface area contributed by atoms with Gasteiger partial charge in [0.15, 0.2) is 5.79 Å². The van der Waals surface area contributed by atoms with Crippen LogP contribution in [0.25, 0.3) is 0 Å². The lowest BCUT2D eigenvalue weighted by atomic mass is 10.0. The van der Waals surface area contributed by atoms with Gasteiger partial charge in [0.1, 0.15) is 11.6 Å². The maximum absolute atomic E-state index is 13.0. The molecule has 0 atom stereocenters. The van der Waals surface area contributed by atoms with E-state index in [9.17, 15) is 8.78 Å². The van der Waals surface area contributed by atoms with E-state index in [1.165, 1.54) is 12.1 Å². The molecule has 1 aromatic carbocycles. The number of halogens is 2. The van der Waals surface area contributed by atoms with E-state index >= 15 is 0 Å². The van der Waals surface area contributed by atoms with Gasteiger partial charge in [-0.1, -0.05) is 6.92 Å². The van der Waals surface area contributed by atoms with E-state index in [1.807, 2.05) is 6.92 Å². The average molecular weight is 214 g/mol. The molecule has 1 aliphatic rings. The average Bonchev–Trinajstić information content (AvgIpc) is 2.65. The van der Waals surface area contributed by atoms with Crippen molar-refractivity contribution in [2.45, 2.75) is 19.1 Å². The number of hydrogen-bond acceptors (Lipinski definition) is 2. The second-order valence-electron chi connectivity index (χ2n) is 3.46. The van der Waals surface area contributed by atoms with Crippen LogP contribution in [0, 0.1) is 11.6 Å².